The Morgan fingerprint density at radius 1 is 1.53 bits per heavy atom. The lowest BCUT2D eigenvalue weighted by molar-refractivity contribution is 0.244. The molecule has 1 aliphatic rings. The van der Waals surface area contributed by atoms with Crippen molar-refractivity contribution in [3.05, 3.63) is 23.8 Å². The van der Waals surface area contributed by atoms with Gasteiger partial charge >= 0.3 is 0 Å². The molecule has 1 aliphatic heterocycles. The van der Waals surface area contributed by atoms with Crippen molar-refractivity contribution in [3.8, 4) is 11.5 Å². The van der Waals surface area contributed by atoms with Crippen LogP contribution in [0.25, 0.3) is 0 Å². The third-order valence-electron chi connectivity index (χ3n) is 2.98. The molecular weight excluding hydrogens is 218 g/mol. The van der Waals surface area contributed by atoms with Crippen LogP contribution in [0.2, 0.25) is 0 Å². The van der Waals surface area contributed by atoms with Crippen LogP contribution in [0.3, 0.4) is 0 Å². The number of nitrogens with one attached hydrogen (secondary N) is 1. The Hall–Kier alpha value is -1.26. The van der Waals surface area contributed by atoms with Gasteiger partial charge in [-0.15, -0.1) is 0 Å². The Bertz CT molecular complexity index is 368. The van der Waals surface area contributed by atoms with Crippen molar-refractivity contribution < 1.29 is 14.6 Å². The summed E-state index contributed by atoms with van der Waals surface area (Å²) in [7, 11) is 1.67. The van der Waals surface area contributed by atoms with E-state index in [1.54, 1.807) is 7.11 Å². The summed E-state index contributed by atoms with van der Waals surface area (Å²) in [6.07, 6.45) is 1.72. The van der Waals surface area contributed by atoms with Gasteiger partial charge in [-0.05, 0) is 31.2 Å². The van der Waals surface area contributed by atoms with Crippen LogP contribution in [-0.4, -0.2) is 32.0 Å². The largest absolute Gasteiger partial charge is 0.497 e. The van der Waals surface area contributed by atoms with E-state index >= 15 is 0 Å². The molecule has 0 aliphatic carbocycles. The molecule has 2 N–H and O–H groups in total. The molecule has 1 unspecified atom stereocenters. The standard InChI is InChI=1S/C13H19NO3/c1-16-10-3-4-13-11(9-10)12(5-8-17-13)14-6-2-7-15/h3-4,9,12,14-15H,2,5-8H2,1H3. The van der Waals surface area contributed by atoms with Gasteiger partial charge in [0.2, 0.25) is 0 Å². The van der Waals surface area contributed by atoms with Gasteiger partial charge in [0.15, 0.2) is 0 Å². The molecule has 1 aromatic rings. The predicted octanol–water partition coefficient (Wildman–Crippen LogP) is 1.49. The summed E-state index contributed by atoms with van der Waals surface area (Å²) in [5.41, 5.74) is 1.15. The molecule has 4 nitrogen and oxygen atoms in total. The highest BCUT2D eigenvalue weighted by Crippen LogP contribution is 2.34. The van der Waals surface area contributed by atoms with Gasteiger partial charge in [-0.3, -0.25) is 0 Å². The van der Waals surface area contributed by atoms with Gasteiger partial charge in [-0.1, -0.05) is 0 Å². The highest BCUT2D eigenvalue weighted by molar-refractivity contribution is 5.43. The van der Waals surface area contributed by atoms with E-state index < -0.39 is 0 Å². The zero-order valence-corrected chi connectivity index (χ0v) is 10.1. The summed E-state index contributed by atoms with van der Waals surface area (Å²) in [4.78, 5) is 0. The van der Waals surface area contributed by atoms with Crippen LogP contribution in [0.1, 0.15) is 24.4 Å². The molecule has 0 bridgehead atoms. The van der Waals surface area contributed by atoms with Crippen LogP contribution in [-0.2, 0) is 0 Å². The summed E-state index contributed by atoms with van der Waals surface area (Å²) in [5.74, 6) is 1.78. The maximum atomic E-state index is 8.79. The molecule has 4 heteroatoms. The van der Waals surface area contributed by atoms with E-state index in [0.717, 1.165) is 43.1 Å². The number of methoxy groups -OCH3 is 1. The first-order valence-electron chi connectivity index (χ1n) is 6.00. The van der Waals surface area contributed by atoms with Gasteiger partial charge in [-0.25, -0.2) is 0 Å². The Balaban J connectivity index is 2.11. The topological polar surface area (TPSA) is 50.7 Å². The fourth-order valence-corrected chi connectivity index (χ4v) is 2.07. The molecule has 0 amide bonds. The Morgan fingerprint density at radius 2 is 2.41 bits per heavy atom. The van der Waals surface area contributed by atoms with Crippen molar-refractivity contribution >= 4 is 0 Å². The molecule has 94 valence electrons. The fraction of sp³-hybridized carbons (Fsp3) is 0.538. The van der Waals surface area contributed by atoms with Crippen molar-refractivity contribution in [2.75, 3.05) is 26.9 Å². The van der Waals surface area contributed by atoms with Gasteiger partial charge in [0.25, 0.3) is 0 Å². The average molecular weight is 237 g/mol. The molecule has 17 heavy (non-hydrogen) atoms. The van der Waals surface area contributed by atoms with Gasteiger partial charge in [0.05, 0.1) is 13.7 Å². The first-order chi connectivity index (χ1) is 8.35. The zero-order chi connectivity index (χ0) is 12.1. The third-order valence-corrected chi connectivity index (χ3v) is 2.98. The minimum absolute atomic E-state index is 0.223. The molecular formula is C13H19NO3. The summed E-state index contributed by atoms with van der Waals surface area (Å²) in [5, 5.41) is 12.2. The molecule has 0 spiro atoms. The van der Waals surface area contributed by atoms with Gasteiger partial charge in [0, 0.05) is 24.6 Å². The maximum Gasteiger partial charge on any atom is 0.124 e. The van der Waals surface area contributed by atoms with Crippen molar-refractivity contribution in [2.24, 2.45) is 0 Å². The molecule has 1 atom stereocenters. The number of hydrogen-bond acceptors (Lipinski definition) is 4. The summed E-state index contributed by atoms with van der Waals surface area (Å²) >= 11 is 0. The number of fused-ring (bicyclic) bond motifs is 1. The molecule has 0 saturated heterocycles. The lowest BCUT2D eigenvalue weighted by Crippen LogP contribution is -2.28. The van der Waals surface area contributed by atoms with E-state index in [4.69, 9.17) is 14.6 Å². The van der Waals surface area contributed by atoms with E-state index in [1.807, 2.05) is 18.2 Å². The molecule has 0 aromatic heterocycles. The van der Waals surface area contributed by atoms with E-state index in [9.17, 15) is 0 Å². The number of hydrogen-bond donors (Lipinski definition) is 2. The first-order valence-corrected chi connectivity index (χ1v) is 6.00. The number of benzene rings is 1. The molecule has 1 heterocycles. The van der Waals surface area contributed by atoms with Crippen LogP contribution < -0.4 is 14.8 Å². The van der Waals surface area contributed by atoms with Gasteiger partial charge < -0.3 is 19.9 Å². The van der Waals surface area contributed by atoms with E-state index in [1.165, 1.54) is 0 Å². The molecule has 2 rings (SSSR count). The van der Waals surface area contributed by atoms with Crippen LogP contribution >= 0.6 is 0 Å². The molecule has 0 saturated carbocycles. The Morgan fingerprint density at radius 3 is 3.18 bits per heavy atom. The Kier molecular flexibility index (Phi) is 4.23. The fourth-order valence-electron chi connectivity index (χ4n) is 2.07. The van der Waals surface area contributed by atoms with Crippen molar-refractivity contribution in [1.82, 2.24) is 5.32 Å². The van der Waals surface area contributed by atoms with E-state index in [2.05, 4.69) is 5.32 Å². The number of rotatable bonds is 5. The molecule has 1 aromatic carbocycles. The van der Waals surface area contributed by atoms with Crippen molar-refractivity contribution in [1.29, 1.82) is 0 Å². The van der Waals surface area contributed by atoms with Crippen LogP contribution in [0.4, 0.5) is 0 Å². The van der Waals surface area contributed by atoms with Crippen LogP contribution in [0.5, 0.6) is 11.5 Å². The van der Waals surface area contributed by atoms with Crippen molar-refractivity contribution in [3.63, 3.8) is 0 Å². The van der Waals surface area contributed by atoms with Crippen LogP contribution in [0.15, 0.2) is 18.2 Å². The predicted molar refractivity (Wildman–Crippen MR) is 65.6 cm³/mol. The Labute approximate surface area is 102 Å². The SMILES string of the molecule is COc1ccc2c(c1)C(NCCCO)CCO2. The zero-order valence-electron chi connectivity index (χ0n) is 10.1. The highest BCUT2D eigenvalue weighted by Gasteiger charge is 2.21. The second-order valence-electron chi connectivity index (χ2n) is 4.12. The minimum atomic E-state index is 0.223. The normalized spacial score (nSPS) is 18.4. The number of ether oxygens (including phenoxy) is 2. The minimum Gasteiger partial charge on any atom is -0.497 e. The van der Waals surface area contributed by atoms with Gasteiger partial charge in [0.1, 0.15) is 11.5 Å². The molecule has 0 fully saturated rings. The summed E-state index contributed by atoms with van der Waals surface area (Å²) in [6, 6.07) is 6.18. The summed E-state index contributed by atoms with van der Waals surface area (Å²) in [6.45, 7) is 1.77. The van der Waals surface area contributed by atoms with E-state index in [0.29, 0.717) is 6.04 Å². The lowest BCUT2D eigenvalue weighted by atomic mass is 10.00. The molecule has 0 radical (unpaired) electrons. The number of aliphatic hydroxyl groups excluding tert-OH is 1. The monoisotopic (exact) mass is 237 g/mol. The lowest BCUT2D eigenvalue weighted by Gasteiger charge is -2.27. The van der Waals surface area contributed by atoms with Gasteiger partial charge in [-0.2, -0.15) is 0 Å². The van der Waals surface area contributed by atoms with Crippen molar-refractivity contribution in [2.45, 2.75) is 18.9 Å². The second-order valence-corrected chi connectivity index (χ2v) is 4.12. The smallest absolute Gasteiger partial charge is 0.124 e. The second kappa shape index (κ2) is 5.89. The van der Waals surface area contributed by atoms with Crippen LogP contribution in [0, 0.1) is 0 Å². The summed E-state index contributed by atoms with van der Waals surface area (Å²) < 4.78 is 10.8. The average Bonchev–Trinajstić information content (AvgIpc) is 2.39. The first kappa shape index (κ1) is 12.2. The third kappa shape index (κ3) is 2.90. The highest BCUT2D eigenvalue weighted by atomic mass is 16.5. The quantitative estimate of drug-likeness (QED) is 0.762. The maximum absolute atomic E-state index is 8.79. The number of aliphatic hydroxyl groups is 1. The van der Waals surface area contributed by atoms with E-state index in [-0.39, 0.29) is 6.61 Å².